The zero-order valence-corrected chi connectivity index (χ0v) is 26.8. The van der Waals surface area contributed by atoms with E-state index < -0.39 is 0 Å². The first-order valence-electron chi connectivity index (χ1n) is 13.9. The number of carbonyl (C=O) groups excluding carboxylic acids is 1. The number of aryl methyl sites for hydroxylation is 2. The molecule has 0 aliphatic rings. The molecule has 0 fully saturated rings. The van der Waals surface area contributed by atoms with Crippen LogP contribution in [0.3, 0.4) is 0 Å². The predicted molar refractivity (Wildman–Crippen MR) is 165 cm³/mol. The van der Waals surface area contributed by atoms with Crippen LogP contribution in [0.25, 0.3) is 0 Å². The summed E-state index contributed by atoms with van der Waals surface area (Å²) in [5.74, 6) is 3.76. The van der Waals surface area contributed by atoms with Crippen molar-refractivity contribution in [2.75, 3.05) is 19.8 Å². The summed E-state index contributed by atoms with van der Waals surface area (Å²) < 4.78 is 18.8. The molecule has 0 aliphatic heterocycles. The monoisotopic (exact) mass is 535 g/mol. The summed E-state index contributed by atoms with van der Waals surface area (Å²) in [6.07, 6.45) is 2.85. The SMILES string of the molecule is Cc1cc(C)c(C(=O)Pc2c(OCCC(C)C)cc(OCCC(C)C)cc2OCCC(C)C)c(C)c1C.[Li]. The topological polar surface area (TPSA) is 44.8 Å². The maximum absolute atomic E-state index is 13.8. The van der Waals surface area contributed by atoms with Gasteiger partial charge >= 0.3 is 0 Å². The van der Waals surface area contributed by atoms with Crippen LogP contribution in [0.4, 0.5) is 0 Å². The van der Waals surface area contributed by atoms with Crippen LogP contribution in [0.1, 0.15) is 93.4 Å². The Kier molecular flexibility index (Phi) is 15.1. The van der Waals surface area contributed by atoms with Crippen LogP contribution in [-0.2, 0) is 0 Å². The van der Waals surface area contributed by atoms with Gasteiger partial charge in [-0.25, -0.2) is 0 Å². The largest absolute Gasteiger partial charge is 0.493 e. The van der Waals surface area contributed by atoms with Gasteiger partial charge in [0.25, 0.3) is 0 Å². The van der Waals surface area contributed by atoms with Gasteiger partial charge in [0.2, 0.25) is 0 Å². The summed E-state index contributed by atoms with van der Waals surface area (Å²) in [7, 11) is -0.0989. The Balaban J connectivity index is 0.00000722. The van der Waals surface area contributed by atoms with Gasteiger partial charge in [-0.3, -0.25) is 4.79 Å². The molecule has 0 saturated heterocycles. The first-order valence-corrected chi connectivity index (χ1v) is 14.9. The molecule has 1 atom stereocenters. The zero-order chi connectivity index (χ0) is 27.7. The van der Waals surface area contributed by atoms with Crippen LogP contribution in [0.15, 0.2) is 18.2 Å². The summed E-state index contributed by atoms with van der Waals surface area (Å²) in [6, 6.07) is 6.02. The van der Waals surface area contributed by atoms with E-state index in [1.807, 2.05) is 19.1 Å². The Morgan fingerprint density at radius 1 is 0.684 bits per heavy atom. The van der Waals surface area contributed by atoms with Crippen molar-refractivity contribution in [3.8, 4) is 17.2 Å². The van der Waals surface area contributed by atoms with Gasteiger partial charge in [-0.15, -0.1) is 0 Å². The van der Waals surface area contributed by atoms with Crippen LogP contribution < -0.4 is 19.5 Å². The van der Waals surface area contributed by atoms with Gasteiger partial charge in [-0.1, -0.05) is 47.6 Å². The molecular weight excluding hydrogens is 486 g/mol. The van der Waals surface area contributed by atoms with Crippen molar-refractivity contribution >= 4 is 38.3 Å². The first kappa shape index (κ1) is 34.6. The van der Waals surface area contributed by atoms with Gasteiger partial charge in [0.15, 0.2) is 5.52 Å². The van der Waals surface area contributed by atoms with Gasteiger partial charge in [0.1, 0.15) is 17.2 Å². The van der Waals surface area contributed by atoms with Gasteiger partial charge in [-0.2, -0.15) is 0 Å². The second-order valence-corrected chi connectivity index (χ2v) is 12.7. The fraction of sp³-hybridized carbons (Fsp3) is 0.594. The van der Waals surface area contributed by atoms with Crippen LogP contribution in [0.5, 0.6) is 17.2 Å². The number of ether oxygens (including phenoxy) is 3. The third kappa shape index (κ3) is 10.6. The van der Waals surface area contributed by atoms with Crippen LogP contribution in [0, 0.1) is 45.4 Å². The number of hydrogen-bond acceptors (Lipinski definition) is 4. The second kappa shape index (κ2) is 16.6. The molecule has 1 radical (unpaired) electrons. The van der Waals surface area contributed by atoms with Crippen LogP contribution in [-0.4, -0.2) is 44.2 Å². The van der Waals surface area contributed by atoms with Crippen molar-refractivity contribution in [1.82, 2.24) is 0 Å². The summed E-state index contributed by atoms with van der Waals surface area (Å²) in [5, 5.41) is 0.839. The Morgan fingerprint density at radius 2 is 1.13 bits per heavy atom. The van der Waals surface area contributed by atoms with E-state index in [0.717, 1.165) is 47.0 Å². The zero-order valence-electron chi connectivity index (χ0n) is 25.8. The van der Waals surface area contributed by atoms with E-state index in [9.17, 15) is 4.79 Å². The smallest absolute Gasteiger partial charge is 0.186 e. The van der Waals surface area contributed by atoms with E-state index in [0.29, 0.717) is 49.1 Å². The molecule has 0 aromatic heterocycles. The van der Waals surface area contributed by atoms with E-state index in [-0.39, 0.29) is 33.0 Å². The molecule has 2 aromatic rings. The molecule has 0 heterocycles. The van der Waals surface area contributed by atoms with Crippen molar-refractivity contribution in [1.29, 1.82) is 0 Å². The standard InChI is InChI=1S/C32H49O4P.Li/c1-20(2)11-14-34-27-18-28(35-15-12-21(3)4)31(29(19-27)36-16-13-22(5)6)37-32(33)30-24(8)17-23(7)25(9)26(30)10;/h17-22,37H,11-16H2,1-10H3;. The number of benzene rings is 2. The number of carbonyl (C=O) groups is 1. The Hall–Kier alpha value is -1.46. The van der Waals surface area contributed by atoms with Crippen LogP contribution >= 0.6 is 8.58 Å². The molecule has 0 aliphatic carbocycles. The van der Waals surface area contributed by atoms with Crippen molar-refractivity contribution < 1.29 is 19.0 Å². The molecule has 2 rings (SSSR count). The maximum Gasteiger partial charge on any atom is 0.186 e. The maximum atomic E-state index is 13.8. The average molecular weight is 536 g/mol. The van der Waals surface area contributed by atoms with Gasteiger partial charge < -0.3 is 14.2 Å². The molecule has 4 nitrogen and oxygen atoms in total. The molecule has 0 saturated carbocycles. The predicted octanol–water partition coefficient (Wildman–Crippen LogP) is 7.96. The number of hydrogen-bond donors (Lipinski definition) is 0. The normalized spacial score (nSPS) is 11.5. The quantitative estimate of drug-likeness (QED) is 0.171. The summed E-state index contributed by atoms with van der Waals surface area (Å²) in [5.41, 5.74) is 5.42. The molecule has 2 aromatic carbocycles. The molecule has 0 bridgehead atoms. The third-order valence-electron chi connectivity index (χ3n) is 6.73. The summed E-state index contributed by atoms with van der Waals surface area (Å²) >= 11 is 0. The van der Waals surface area contributed by atoms with Crippen molar-refractivity contribution in [3.63, 3.8) is 0 Å². The van der Waals surface area contributed by atoms with Gasteiger partial charge in [0, 0.05) is 36.6 Å². The molecule has 38 heavy (non-hydrogen) atoms. The Morgan fingerprint density at radius 3 is 1.58 bits per heavy atom. The minimum absolute atomic E-state index is 0. The van der Waals surface area contributed by atoms with Gasteiger partial charge in [0.05, 0.1) is 25.1 Å². The van der Waals surface area contributed by atoms with E-state index in [1.165, 1.54) is 11.1 Å². The van der Waals surface area contributed by atoms with Gasteiger partial charge in [-0.05, 0) is 95.5 Å². The molecular formula is C32H49LiO4P. The summed E-state index contributed by atoms with van der Waals surface area (Å²) in [6.45, 7) is 23.2. The van der Waals surface area contributed by atoms with Crippen molar-refractivity contribution in [2.45, 2.75) is 88.5 Å². The van der Waals surface area contributed by atoms with Crippen molar-refractivity contribution in [2.24, 2.45) is 17.8 Å². The minimum atomic E-state index is -0.0989. The average Bonchev–Trinajstić information content (AvgIpc) is 2.78. The molecule has 6 heteroatoms. The minimum Gasteiger partial charge on any atom is -0.493 e. The fourth-order valence-electron chi connectivity index (χ4n) is 4.03. The number of rotatable bonds is 15. The van der Waals surface area contributed by atoms with Crippen molar-refractivity contribution in [3.05, 3.63) is 46.0 Å². The first-order chi connectivity index (χ1) is 17.4. The van der Waals surface area contributed by atoms with E-state index in [1.54, 1.807) is 0 Å². The fourth-order valence-corrected chi connectivity index (χ4v) is 5.30. The molecule has 0 amide bonds. The second-order valence-electron chi connectivity index (χ2n) is 11.5. The molecule has 0 spiro atoms. The summed E-state index contributed by atoms with van der Waals surface area (Å²) in [4.78, 5) is 13.8. The Bertz CT molecular complexity index is 1010. The van der Waals surface area contributed by atoms with E-state index >= 15 is 0 Å². The molecule has 207 valence electrons. The van der Waals surface area contributed by atoms with E-state index in [2.05, 4.69) is 68.4 Å². The molecule has 1 unspecified atom stereocenters. The van der Waals surface area contributed by atoms with E-state index in [4.69, 9.17) is 14.2 Å². The third-order valence-corrected chi connectivity index (χ3v) is 7.95. The van der Waals surface area contributed by atoms with Crippen LogP contribution in [0.2, 0.25) is 0 Å². The molecule has 0 N–H and O–H groups in total. The Labute approximate surface area is 246 Å².